The molecule has 8 heteroatoms. The topological polar surface area (TPSA) is 76.9 Å². The van der Waals surface area contributed by atoms with Crippen LogP contribution in [0.3, 0.4) is 0 Å². The van der Waals surface area contributed by atoms with Gasteiger partial charge in [-0.2, -0.15) is 0 Å². The van der Waals surface area contributed by atoms with Crippen LogP contribution in [0, 0.1) is 5.82 Å². The van der Waals surface area contributed by atoms with Crippen molar-refractivity contribution in [1.82, 2.24) is 20.1 Å². The van der Waals surface area contributed by atoms with E-state index in [4.69, 9.17) is 0 Å². The Balaban J connectivity index is 1.55. The van der Waals surface area contributed by atoms with E-state index in [1.54, 1.807) is 24.3 Å². The predicted octanol–water partition coefficient (Wildman–Crippen LogP) is 5.25. The molecule has 0 saturated heterocycles. The van der Waals surface area contributed by atoms with Crippen LogP contribution in [0.15, 0.2) is 84.0 Å². The lowest BCUT2D eigenvalue weighted by molar-refractivity contribution is -0.119. The van der Waals surface area contributed by atoms with Gasteiger partial charge in [0.05, 0.1) is 11.8 Å². The predicted molar refractivity (Wildman–Crippen MR) is 130 cm³/mol. The standard InChI is InChI=1S/C26H23FN4O2S/c1-17(28-18(2)32)19-8-10-20(11-9-19)24(33)16-34-26-30-29-25(21-6-4-3-5-7-21)31(26)23-14-12-22(27)13-15-23/h3-15,17H,16H2,1-2H3,(H,28,32). The normalized spacial score (nSPS) is 11.7. The number of nitrogens with one attached hydrogen (secondary N) is 1. The molecule has 0 saturated carbocycles. The summed E-state index contributed by atoms with van der Waals surface area (Å²) in [5.74, 6) is 0.273. The molecule has 0 aliphatic heterocycles. The second kappa shape index (κ2) is 10.4. The summed E-state index contributed by atoms with van der Waals surface area (Å²) in [7, 11) is 0. The van der Waals surface area contributed by atoms with E-state index in [2.05, 4.69) is 15.5 Å². The number of nitrogens with zero attached hydrogens (tertiary/aromatic N) is 3. The molecule has 0 fully saturated rings. The summed E-state index contributed by atoms with van der Waals surface area (Å²) in [5.41, 5.74) is 3.06. The Morgan fingerprint density at radius 3 is 2.29 bits per heavy atom. The van der Waals surface area contributed by atoms with E-state index < -0.39 is 0 Å². The molecule has 6 nitrogen and oxygen atoms in total. The third-order valence-corrected chi connectivity index (χ3v) is 6.16. The largest absolute Gasteiger partial charge is 0.350 e. The number of Topliss-reactive ketones (excluding diaryl/α,β-unsaturated/α-hetero) is 1. The first kappa shape index (κ1) is 23.4. The third-order valence-electron chi connectivity index (χ3n) is 5.23. The lowest BCUT2D eigenvalue weighted by Crippen LogP contribution is -2.23. The smallest absolute Gasteiger partial charge is 0.217 e. The number of aromatic nitrogens is 3. The summed E-state index contributed by atoms with van der Waals surface area (Å²) < 4.78 is 15.3. The number of ketones is 1. The molecule has 172 valence electrons. The van der Waals surface area contributed by atoms with E-state index in [1.807, 2.05) is 54.0 Å². The first-order valence-electron chi connectivity index (χ1n) is 10.7. The Morgan fingerprint density at radius 1 is 0.971 bits per heavy atom. The number of hydrogen-bond acceptors (Lipinski definition) is 5. The summed E-state index contributed by atoms with van der Waals surface area (Å²) >= 11 is 1.27. The highest BCUT2D eigenvalue weighted by molar-refractivity contribution is 7.99. The molecule has 0 aliphatic rings. The van der Waals surface area contributed by atoms with Crippen LogP contribution in [-0.2, 0) is 4.79 Å². The third kappa shape index (κ3) is 5.40. The Bertz CT molecular complexity index is 1290. The molecule has 1 atom stereocenters. The number of thioether (sulfide) groups is 1. The van der Waals surface area contributed by atoms with Gasteiger partial charge in [0, 0.05) is 23.7 Å². The lowest BCUT2D eigenvalue weighted by Gasteiger charge is -2.13. The van der Waals surface area contributed by atoms with Gasteiger partial charge in [0.15, 0.2) is 16.8 Å². The zero-order chi connectivity index (χ0) is 24.1. The maximum absolute atomic E-state index is 13.5. The molecule has 1 heterocycles. The Kier molecular flexibility index (Phi) is 7.18. The van der Waals surface area contributed by atoms with Crippen molar-refractivity contribution in [3.8, 4) is 17.1 Å². The van der Waals surface area contributed by atoms with Crippen LogP contribution >= 0.6 is 11.8 Å². The van der Waals surface area contributed by atoms with Crippen molar-refractivity contribution < 1.29 is 14.0 Å². The number of halogens is 1. The number of carbonyl (C=O) groups excluding carboxylic acids is 2. The van der Waals surface area contributed by atoms with Crippen molar-refractivity contribution in [3.63, 3.8) is 0 Å². The zero-order valence-corrected chi connectivity index (χ0v) is 19.6. The molecule has 0 bridgehead atoms. The summed E-state index contributed by atoms with van der Waals surface area (Å²) in [4.78, 5) is 24.1. The summed E-state index contributed by atoms with van der Waals surface area (Å²) in [6.45, 7) is 3.36. The minimum atomic E-state index is -0.335. The summed E-state index contributed by atoms with van der Waals surface area (Å²) in [6, 6.07) is 22.7. The lowest BCUT2D eigenvalue weighted by atomic mass is 10.0. The van der Waals surface area contributed by atoms with E-state index in [0.29, 0.717) is 22.2 Å². The van der Waals surface area contributed by atoms with Gasteiger partial charge in [-0.15, -0.1) is 10.2 Å². The van der Waals surface area contributed by atoms with Crippen molar-refractivity contribution in [2.24, 2.45) is 0 Å². The minimum absolute atomic E-state index is 0.0568. The highest BCUT2D eigenvalue weighted by Crippen LogP contribution is 2.28. The molecular formula is C26H23FN4O2S. The average Bonchev–Trinajstić information content (AvgIpc) is 3.27. The van der Waals surface area contributed by atoms with Gasteiger partial charge >= 0.3 is 0 Å². The SMILES string of the molecule is CC(=O)NC(C)c1ccc(C(=O)CSc2nnc(-c3ccccc3)n2-c2ccc(F)cc2)cc1. The van der Waals surface area contributed by atoms with Crippen molar-refractivity contribution in [1.29, 1.82) is 0 Å². The maximum atomic E-state index is 13.5. The second-order valence-corrected chi connectivity index (χ2v) is 8.68. The molecule has 1 aromatic heterocycles. The van der Waals surface area contributed by atoms with Crippen LogP contribution in [0.25, 0.3) is 17.1 Å². The van der Waals surface area contributed by atoms with Crippen LogP contribution in [-0.4, -0.2) is 32.2 Å². The van der Waals surface area contributed by atoms with Crippen molar-refractivity contribution in [2.45, 2.75) is 25.0 Å². The van der Waals surface area contributed by atoms with Gasteiger partial charge in [0.1, 0.15) is 5.82 Å². The van der Waals surface area contributed by atoms with Crippen molar-refractivity contribution in [3.05, 3.63) is 95.8 Å². The second-order valence-electron chi connectivity index (χ2n) is 7.74. The minimum Gasteiger partial charge on any atom is -0.350 e. The zero-order valence-electron chi connectivity index (χ0n) is 18.7. The number of hydrogen-bond donors (Lipinski definition) is 1. The van der Waals surface area contributed by atoms with E-state index in [1.165, 1.54) is 30.8 Å². The van der Waals surface area contributed by atoms with Gasteiger partial charge in [-0.25, -0.2) is 4.39 Å². The molecule has 4 aromatic rings. The molecule has 4 rings (SSSR count). The fraction of sp³-hybridized carbons (Fsp3) is 0.154. The van der Waals surface area contributed by atoms with E-state index >= 15 is 0 Å². The molecule has 1 amide bonds. The van der Waals surface area contributed by atoms with E-state index in [-0.39, 0.29) is 29.3 Å². The van der Waals surface area contributed by atoms with Crippen molar-refractivity contribution in [2.75, 3.05) is 5.75 Å². The summed E-state index contributed by atoms with van der Waals surface area (Å²) in [6.07, 6.45) is 0. The fourth-order valence-electron chi connectivity index (χ4n) is 3.52. The number of amides is 1. The number of carbonyl (C=O) groups is 2. The quantitative estimate of drug-likeness (QED) is 0.279. The molecule has 0 aliphatic carbocycles. The molecule has 0 radical (unpaired) electrons. The molecule has 0 spiro atoms. The van der Waals surface area contributed by atoms with Gasteiger partial charge in [0.2, 0.25) is 5.91 Å². The Labute approximate surface area is 201 Å². The average molecular weight is 475 g/mol. The number of rotatable bonds is 8. The van der Waals surface area contributed by atoms with Gasteiger partial charge in [-0.1, -0.05) is 66.4 Å². The van der Waals surface area contributed by atoms with Crippen molar-refractivity contribution >= 4 is 23.5 Å². The van der Waals surface area contributed by atoms with Gasteiger partial charge in [0.25, 0.3) is 0 Å². The monoisotopic (exact) mass is 474 g/mol. The van der Waals surface area contributed by atoms with E-state index in [9.17, 15) is 14.0 Å². The molecule has 1 N–H and O–H groups in total. The highest BCUT2D eigenvalue weighted by Gasteiger charge is 2.18. The maximum Gasteiger partial charge on any atom is 0.217 e. The molecular weight excluding hydrogens is 451 g/mol. The molecule has 34 heavy (non-hydrogen) atoms. The Hall–Kier alpha value is -3.78. The van der Waals surface area contributed by atoms with Gasteiger partial charge < -0.3 is 5.32 Å². The number of benzene rings is 3. The molecule has 1 unspecified atom stereocenters. The van der Waals surface area contributed by atoms with Crippen LogP contribution in [0.5, 0.6) is 0 Å². The molecule has 3 aromatic carbocycles. The van der Waals surface area contributed by atoms with Crippen LogP contribution < -0.4 is 5.32 Å². The first-order chi connectivity index (χ1) is 16.4. The Morgan fingerprint density at radius 2 is 1.65 bits per heavy atom. The van der Waals surface area contributed by atoms with Gasteiger partial charge in [-0.3, -0.25) is 14.2 Å². The van der Waals surface area contributed by atoms with Crippen LogP contribution in [0.1, 0.15) is 35.8 Å². The highest BCUT2D eigenvalue weighted by atomic mass is 32.2. The summed E-state index contributed by atoms with van der Waals surface area (Å²) in [5, 5.41) is 12.0. The van der Waals surface area contributed by atoms with Gasteiger partial charge in [-0.05, 0) is 36.8 Å². The van der Waals surface area contributed by atoms with Crippen LogP contribution in [0.4, 0.5) is 4.39 Å². The van der Waals surface area contributed by atoms with Crippen LogP contribution in [0.2, 0.25) is 0 Å². The first-order valence-corrected chi connectivity index (χ1v) is 11.7. The fourth-order valence-corrected chi connectivity index (χ4v) is 4.37. The van der Waals surface area contributed by atoms with E-state index in [0.717, 1.165) is 11.1 Å².